The van der Waals surface area contributed by atoms with Crippen molar-refractivity contribution in [1.82, 2.24) is 15.5 Å². The summed E-state index contributed by atoms with van der Waals surface area (Å²) in [4.78, 5) is 42.9. The molecule has 0 aromatic heterocycles. The van der Waals surface area contributed by atoms with E-state index in [1.165, 1.54) is 12.8 Å². The Morgan fingerprint density at radius 2 is 1.52 bits per heavy atom. The van der Waals surface area contributed by atoms with E-state index in [-0.39, 0.29) is 11.8 Å². The Morgan fingerprint density at radius 3 is 2.05 bits per heavy atom. The number of aryl methyl sites for hydroxylation is 2. The molecular formula is C32H55N3O4S. The molecule has 0 heterocycles. The first kappa shape index (κ1) is 35.8. The molecule has 0 saturated carbocycles. The van der Waals surface area contributed by atoms with Crippen LogP contribution in [0.25, 0.3) is 0 Å². The second kappa shape index (κ2) is 16.9. The fourth-order valence-electron chi connectivity index (χ4n) is 4.70. The first-order valence-electron chi connectivity index (χ1n) is 14.8. The van der Waals surface area contributed by atoms with Crippen molar-refractivity contribution < 1.29 is 19.1 Å². The number of amides is 3. The Morgan fingerprint density at radius 1 is 0.950 bits per heavy atom. The van der Waals surface area contributed by atoms with Crippen molar-refractivity contribution in [3.8, 4) is 0 Å². The zero-order valence-corrected chi connectivity index (χ0v) is 27.6. The van der Waals surface area contributed by atoms with Gasteiger partial charge in [-0.25, -0.2) is 4.79 Å². The standard InChI is InChI=1S/C32H55N3O4S/c1-11-12-13-14-15-16-21-35(29(37)25(20-22-40-10)33-30(38)39-32(7,8)9)27(28(36)34-31(4,5)6)26-23(2)18-17-19-24(26)3/h17-19,25,27H,11-16,20-22H2,1-10H3,(H,33,38)(H,34,36). The Hall–Kier alpha value is -2.22. The van der Waals surface area contributed by atoms with Gasteiger partial charge in [0.05, 0.1) is 0 Å². The van der Waals surface area contributed by atoms with Crippen LogP contribution in [0.5, 0.6) is 0 Å². The molecule has 2 N–H and O–H groups in total. The van der Waals surface area contributed by atoms with Crippen molar-refractivity contribution in [2.24, 2.45) is 0 Å². The predicted molar refractivity (Wildman–Crippen MR) is 168 cm³/mol. The maximum atomic E-state index is 14.4. The van der Waals surface area contributed by atoms with Crippen LogP contribution in [0.1, 0.15) is 116 Å². The Balaban J connectivity index is 3.55. The molecule has 1 rings (SSSR count). The second-order valence-corrected chi connectivity index (χ2v) is 13.7. The fraction of sp³-hybridized carbons (Fsp3) is 0.719. The van der Waals surface area contributed by atoms with E-state index in [4.69, 9.17) is 4.74 Å². The average Bonchev–Trinajstić information content (AvgIpc) is 2.81. The van der Waals surface area contributed by atoms with Crippen LogP contribution in [0.2, 0.25) is 0 Å². The summed E-state index contributed by atoms with van der Waals surface area (Å²) in [7, 11) is 0. The highest BCUT2D eigenvalue weighted by atomic mass is 32.2. The molecule has 0 aliphatic rings. The molecule has 2 atom stereocenters. The van der Waals surface area contributed by atoms with Gasteiger partial charge in [-0.3, -0.25) is 9.59 Å². The van der Waals surface area contributed by atoms with Gasteiger partial charge < -0.3 is 20.3 Å². The van der Waals surface area contributed by atoms with E-state index < -0.39 is 29.3 Å². The van der Waals surface area contributed by atoms with Gasteiger partial charge in [-0.1, -0.05) is 57.2 Å². The van der Waals surface area contributed by atoms with E-state index in [2.05, 4.69) is 17.6 Å². The van der Waals surface area contributed by atoms with Crippen LogP contribution in [0, 0.1) is 13.8 Å². The number of hydrogen-bond donors (Lipinski definition) is 2. The highest BCUT2D eigenvalue weighted by Crippen LogP contribution is 2.30. The van der Waals surface area contributed by atoms with E-state index in [9.17, 15) is 14.4 Å². The van der Waals surface area contributed by atoms with Crippen LogP contribution in [-0.2, 0) is 14.3 Å². The monoisotopic (exact) mass is 577 g/mol. The third kappa shape index (κ3) is 13.0. The van der Waals surface area contributed by atoms with Gasteiger partial charge in [-0.2, -0.15) is 11.8 Å². The largest absolute Gasteiger partial charge is 0.444 e. The molecule has 228 valence electrons. The summed E-state index contributed by atoms with van der Waals surface area (Å²) in [5, 5.41) is 5.96. The quantitative estimate of drug-likeness (QED) is 0.217. The lowest BCUT2D eigenvalue weighted by atomic mass is 9.92. The number of carbonyl (C=O) groups excluding carboxylic acids is 3. The number of ether oxygens (including phenoxy) is 1. The number of alkyl carbamates (subject to hydrolysis) is 1. The number of rotatable bonds is 15. The topological polar surface area (TPSA) is 87.7 Å². The van der Waals surface area contributed by atoms with Crippen LogP contribution in [0.3, 0.4) is 0 Å². The summed E-state index contributed by atoms with van der Waals surface area (Å²) in [5.41, 5.74) is 1.58. The van der Waals surface area contributed by atoms with Gasteiger partial charge >= 0.3 is 6.09 Å². The van der Waals surface area contributed by atoms with Gasteiger partial charge in [-0.15, -0.1) is 0 Å². The van der Waals surface area contributed by atoms with Crippen molar-refractivity contribution in [3.05, 3.63) is 34.9 Å². The zero-order valence-electron chi connectivity index (χ0n) is 26.7. The maximum Gasteiger partial charge on any atom is 0.408 e. The van der Waals surface area contributed by atoms with Gasteiger partial charge in [0.2, 0.25) is 11.8 Å². The lowest BCUT2D eigenvalue weighted by Crippen LogP contribution is -2.55. The van der Waals surface area contributed by atoms with E-state index in [0.29, 0.717) is 18.7 Å². The highest BCUT2D eigenvalue weighted by molar-refractivity contribution is 7.98. The molecule has 8 heteroatoms. The van der Waals surface area contributed by atoms with Crippen molar-refractivity contribution in [2.45, 2.75) is 130 Å². The number of thioether (sulfide) groups is 1. The molecule has 2 unspecified atom stereocenters. The number of unbranched alkanes of at least 4 members (excludes halogenated alkanes) is 5. The van der Waals surface area contributed by atoms with Gasteiger partial charge in [0.15, 0.2) is 0 Å². The zero-order chi connectivity index (χ0) is 30.5. The number of benzene rings is 1. The molecule has 1 aromatic carbocycles. The molecule has 0 spiro atoms. The van der Waals surface area contributed by atoms with E-state index in [1.807, 2.05) is 59.1 Å². The number of nitrogens with zero attached hydrogens (tertiary/aromatic N) is 1. The Kier molecular flexibility index (Phi) is 15.1. The van der Waals surface area contributed by atoms with Crippen molar-refractivity contribution in [1.29, 1.82) is 0 Å². The third-order valence-electron chi connectivity index (χ3n) is 6.51. The van der Waals surface area contributed by atoms with Gasteiger partial charge in [-0.05, 0) is 96.9 Å². The van der Waals surface area contributed by atoms with Crippen molar-refractivity contribution >= 4 is 29.7 Å². The minimum atomic E-state index is -0.819. The van der Waals surface area contributed by atoms with Crippen LogP contribution in [0.15, 0.2) is 18.2 Å². The average molecular weight is 578 g/mol. The lowest BCUT2D eigenvalue weighted by molar-refractivity contribution is -0.143. The minimum Gasteiger partial charge on any atom is -0.444 e. The number of carbonyl (C=O) groups is 3. The number of nitrogens with one attached hydrogen (secondary N) is 2. The van der Waals surface area contributed by atoms with E-state index in [1.54, 1.807) is 37.4 Å². The summed E-state index contributed by atoms with van der Waals surface area (Å²) in [6, 6.07) is 4.31. The summed E-state index contributed by atoms with van der Waals surface area (Å²) < 4.78 is 5.50. The maximum absolute atomic E-state index is 14.4. The van der Waals surface area contributed by atoms with Crippen molar-refractivity contribution in [3.63, 3.8) is 0 Å². The highest BCUT2D eigenvalue weighted by Gasteiger charge is 2.38. The summed E-state index contributed by atoms with van der Waals surface area (Å²) in [6.45, 7) is 17.8. The summed E-state index contributed by atoms with van der Waals surface area (Å²) in [6.07, 6.45) is 8.13. The van der Waals surface area contributed by atoms with Gasteiger partial charge in [0.1, 0.15) is 17.7 Å². The summed E-state index contributed by atoms with van der Waals surface area (Å²) >= 11 is 1.61. The van der Waals surface area contributed by atoms with Gasteiger partial charge in [0.25, 0.3) is 0 Å². The molecule has 0 saturated heterocycles. The fourth-order valence-corrected chi connectivity index (χ4v) is 5.17. The van der Waals surface area contributed by atoms with Crippen LogP contribution < -0.4 is 10.6 Å². The Bertz CT molecular complexity index is 932. The molecule has 0 bridgehead atoms. The van der Waals surface area contributed by atoms with E-state index >= 15 is 0 Å². The van der Waals surface area contributed by atoms with Crippen LogP contribution in [-0.4, -0.2) is 58.5 Å². The molecule has 0 aliphatic heterocycles. The minimum absolute atomic E-state index is 0.217. The van der Waals surface area contributed by atoms with Crippen LogP contribution >= 0.6 is 11.8 Å². The second-order valence-electron chi connectivity index (χ2n) is 12.7. The molecule has 0 radical (unpaired) electrons. The normalized spacial score (nSPS) is 13.3. The van der Waals surface area contributed by atoms with Crippen LogP contribution in [0.4, 0.5) is 4.79 Å². The summed E-state index contributed by atoms with van der Waals surface area (Å²) in [5.74, 6) is 0.203. The molecular weight excluding hydrogens is 522 g/mol. The molecule has 0 aliphatic carbocycles. The Labute approximate surface area is 248 Å². The predicted octanol–water partition coefficient (Wildman–Crippen LogP) is 7.09. The smallest absolute Gasteiger partial charge is 0.408 e. The first-order valence-corrected chi connectivity index (χ1v) is 16.2. The van der Waals surface area contributed by atoms with E-state index in [0.717, 1.165) is 42.4 Å². The molecule has 40 heavy (non-hydrogen) atoms. The van der Waals surface area contributed by atoms with Gasteiger partial charge in [0, 0.05) is 12.1 Å². The molecule has 7 nitrogen and oxygen atoms in total. The third-order valence-corrected chi connectivity index (χ3v) is 7.15. The molecule has 1 aromatic rings. The lowest BCUT2D eigenvalue weighted by Gasteiger charge is -2.37. The van der Waals surface area contributed by atoms with Crippen molar-refractivity contribution in [2.75, 3.05) is 18.6 Å². The number of hydrogen-bond acceptors (Lipinski definition) is 5. The molecule has 3 amide bonds. The molecule has 0 fully saturated rings. The first-order chi connectivity index (χ1) is 18.6. The SMILES string of the molecule is CCCCCCCCN(C(=O)C(CCSC)NC(=O)OC(C)(C)C)C(C(=O)NC(C)(C)C)c1c(C)cccc1C.